The summed E-state index contributed by atoms with van der Waals surface area (Å²) in [5.41, 5.74) is 0.252. The molecule has 0 unspecified atom stereocenters. The lowest BCUT2D eigenvalue weighted by Crippen LogP contribution is -2.49. The van der Waals surface area contributed by atoms with E-state index in [2.05, 4.69) is 10.3 Å². The second-order valence-electron chi connectivity index (χ2n) is 4.70. The van der Waals surface area contributed by atoms with Crippen LogP contribution in [0, 0.1) is 0 Å². The molecule has 1 saturated heterocycles. The molecule has 4 amide bonds. The van der Waals surface area contributed by atoms with Gasteiger partial charge in [-0.15, -0.1) is 0 Å². The molecule has 7 heteroatoms. The summed E-state index contributed by atoms with van der Waals surface area (Å²) in [7, 11) is 0. The highest BCUT2D eigenvalue weighted by atomic mass is 16.2. The number of aromatic nitrogens is 1. The van der Waals surface area contributed by atoms with Gasteiger partial charge in [-0.3, -0.25) is 34.4 Å². The molecule has 0 spiro atoms. The number of carbonyl (C=O) groups is 4. The molecule has 1 atom stereocenters. The van der Waals surface area contributed by atoms with Gasteiger partial charge in [0, 0.05) is 12.6 Å². The topological polar surface area (TPSA) is 96.4 Å². The van der Waals surface area contributed by atoms with E-state index in [1.54, 1.807) is 6.07 Å². The Balaban J connectivity index is 1.96. The molecular formula is C13H11N3O4. The number of carbonyl (C=O) groups excluding carboxylic acids is 4. The molecule has 0 aliphatic carbocycles. The van der Waals surface area contributed by atoms with Gasteiger partial charge in [0.05, 0.1) is 5.56 Å². The number of pyridine rings is 1. The van der Waals surface area contributed by atoms with Crippen molar-refractivity contribution >= 4 is 23.6 Å². The molecule has 3 rings (SSSR count). The first-order chi connectivity index (χ1) is 9.59. The highest BCUT2D eigenvalue weighted by molar-refractivity contribution is 6.22. The molecule has 20 heavy (non-hydrogen) atoms. The van der Waals surface area contributed by atoms with Crippen molar-refractivity contribution in [1.29, 1.82) is 0 Å². The van der Waals surface area contributed by atoms with E-state index in [-0.39, 0.29) is 30.0 Å². The van der Waals surface area contributed by atoms with Crippen LogP contribution < -0.4 is 5.32 Å². The Bertz CT molecular complexity index is 605. The van der Waals surface area contributed by atoms with E-state index in [4.69, 9.17) is 0 Å². The first-order valence-corrected chi connectivity index (χ1v) is 6.26. The van der Waals surface area contributed by atoms with Crippen molar-refractivity contribution in [2.45, 2.75) is 25.3 Å². The van der Waals surface area contributed by atoms with Gasteiger partial charge in [0.15, 0.2) is 0 Å². The molecule has 0 bridgehead atoms. The molecule has 2 aliphatic heterocycles. The number of amides is 4. The van der Waals surface area contributed by atoms with Gasteiger partial charge in [0.25, 0.3) is 11.8 Å². The summed E-state index contributed by atoms with van der Waals surface area (Å²) in [6.45, 7) is 0. The van der Waals surface area contributed by atoms with E-state index in [0.29, 0.717) is 6.42 Å². The maximum absolute atomic E-state index is 12.2. The lowest BCUT2D eigenvalue weighted by Gasteiger charge is -2.22. The van der Waals surface area contributed by atoms with Crippen molar-refractivity contribution in [3.63, 3.8) is 0 Å². The Kier molecular flexibility index (Phi) is 2.81. The number of fused-ring (bicyclic) bond motifs is 1. The summed E-state index contributed by atoms with van der Waals surface area (Å²) in [6, 6.07) is 2.11. The quantitative estimate of drug-likeness (QED) is 0.719. The Morgan fingerprint density at radius 3 is 2.75 bits per heavy atom. The molecule has 1 fully saturated rings. The summed E-state index contributed by atoms with van der Waals surface area (Å²) in [5, 5.41) is 2.19. The van der Waals surface area contributed by atoms with Crippen molar-refractivity contribution in [3.05, 3.63) is 29.6 Å². The molecule has 1 N–H and O–H groups in total. The lowest BCUT2D eigenvalue weighted by atomic mass is 10.1. The highest BCUT2D eigenvalue weighted by Crippen LogP contribution is 2.25. The van der Waals surface area contributed by atoms with Gasteiger partial charge in [-0.1, -0.05) is 0 Å². The minimum atomic E-state index is -0.948. The summed E-state index contributed by atoms with van der Waals surface area (Å²) >= 11 is 0. The minimum absolute atomic E-state index is 0.0564. The van der Waals surface area contributed by atoms with Gasteiger partial charge in [0.2, 0.25) is 11.8 Å². The van der Waals surface area contributed by atoms with Gasteiger partial charge in [-0.05, 0) is 25.0 Å². The fourth-order valence-corrected chi connectivity index (χ4v) is 2.48. The average molecular weight is 273 g/mol. The number of nitrogens with zero attached hydrogens (tertiary/aromatic N) is 2. The Labute approximate surface area is 114 Å². The minimum Gasteiger partial charge on any atom is -0.295 e. The van der Waals surface area contributed by atoms with Gasteiger partial charge in [-0.2, -0.15) is 0 Å². The molecule has 0 saturated carbocycles. The van der Waals surface area contributed by atoms with Crippen LogP contribution in [0.3, 0.4) is 0 Å². The van der Waals surface area contributed by atoms with Crippen LogP contribution in [-0.2, 0) is 9.59 Å². The van der Waals surface area contributed by atoms with Crippen LogP contribution in [-0.4, -0.2) is 39.6 Å². The highest BCUT2D eigenvalue weighted by Gasteiger charge is 2.44. The van der Waals surface area contributed by atoms with E-state index in [0.717, 1.165) is 4.90 Å². The second-order valence-corrected chi connectivity index (χ2v) is 4.70. The maximum atomic E-state index is 12.2. The number of imide groups is 2. The van der Waals surface area contributed by atoms with E-state index < -0.39 is 23.8 Å². The SMILES string of the molecule is O=C1CCC[C@H](N2C(=O)c3cccnc3C2=O)C(=O)N1. The Hall–Kier alpha value is -2.57. The zero-order valence-corrected chi connectivity index (χ0v) is 10.5. The predicted molar refractivity (Wildman–Crippen MR) is 65.5 cm³/mol. The van der Waals surface area contributed by atoms with Crippen LogP contribution in [0.25, 0.3) is 0 Å². The van der Waals surface area contributed by atoms with E-state index in [9.17, 15) is 19.2 Å². The van der Waals surface area contributed by atoms with Crippen LogP contribution in [0.5, 0.6) is 0 Å². The van der Waals surface area contributed by atoms with E-state index in [1.807, 2.05) is 0 Å². The molecule has 1 aromatic heterocycles. The number of hydrogen-bond acceptors (Lipinski definition) is 5. The smallest absolute Gasteiger partial charge is 0.280 e. The standard InChI is InChI=1S/C13H11N3O4/c17-9-5-1-4-8(11(18)15-9)16-12(19)7-3-2-6-14-10(7)13(16)20/h2-3,6,8H,1,4-5H2,(H,15,17,18)/t8-/m0/s1. The van der Waals surface area contributed by atoms with E-state index in [1.165, 1.54) is 12.3 Å². The van der Waals surface area contributed by atoms with Crippen molar-refractivity contribution in [1.82, 2.24) is 15.2 Å². The summed E-state index contributed by atoms with van der Waals surface area (Å²) in [6.07, 6.45) is 2.36. The van der Waals surface area contributed by atoms with Crippen LogP contribution in [0.15, 0.2) is 18.3 Å². The largest absolute Gasteiger partial charge is 0.295 e. The van der Waals surface area contributed by atoms with Crippen molar-refractivity contribution in [2.75, 3.05) is 0 Å². The van der Waals surface area contributed by atoms with Gasteiger partial charge < -0.3 is 0 Å². The molecule has 7 nitrogen and oxygen atoms in total. The summed E-state index contributed by atoms with van der Waals surface area (Å²) in [5.74, 6) is -2.11. The molecule has 3 heterocycles. The van der Waals surface area contributed by atoms with Crippen LogP contribution >= 0.6 is 0 Å². The van der Waals surface area contributed by atoms with Gasteiger partial charge in [0.1, 0.15) is 11.7 Å². The third-order valence-corrected chi connectivity index (χ3v) is 3.44. The third kappa shape index (κ3) is 1.78. The maximum Gasteiger partial charge on any atom is 0.280 e. The van der Waals surface area contributed by atoms with Crippen LogP contribution in [0.2, 0.25) is 0 Å². The fraction of sp³-hybridized carbons (Fsp3) is 0.308. The average Bonchev–Trinajstić information content (AvgIpc) is 2.57. The Morgan fingerprint density at radius 1 is 1.20 bits per heavy atom. The first kappa shape index (κ1) is 12.5. The second kappa shape index (κ2) is 4.52. The van der Waals surface area contributed by atoms with Crippen LogP contribution in [0.1, 0.15) is 40.1 Å². The molecule has 1 aromatic rings. The predicted octanol–water partition coefficient (Wildman–Crippen LogP) is -0.127. The normalized spacial score (nSPS) is 22.6. The van der Waals surface area contributed by atoms with Crippen molar-refractivity contribution < 1.29 is 19.2 Å². The summed E-state index contributed by atoms with van der Waals surface area (Å²) in [4.78, 5) is 52.5. The molecule has 0 radical (unpaired) electrons. The molecule has 0 aromatic carbocycles. The number of nitrogens with one attached hydrogen (secondary N) is 1. The van der Waals surface area contributed by atoms with Gasteiger partial charge in [-0.25, -0.2) is 0 Å². The lowest BCUT2D eigenvalue weighted by molar-refractivity contribution is -0.131. The molecule has 102 valence electrons. The van der Waals surface area contributed by atoms with Crippen molar-refractivity contribution in [2.24, 2.45) is 0 Å². The first-order valence-electron chi connectivity index (χ1n) is 6.26. The monoisotopic (exact) mass is 273 g/mol. The zero-order chi connectivity index (χ0) is 14.3. The third-order valence-electron chi connectivity index (χ3n) is 3.44. The fourth-order valence-electron chi connectivity index (χ4n) is 2.48. The Morgan fingerprint density at radius 2 is 2.00 bits per heavy atom. The van der Waals surface area contributed by atoms with Gasteiger partial charge >= 0.3 is 0 Å². The number of hydrogen-bond donors (Lipinski definition) is 1. The van der Waals surface area contributed by atoms with Crippen LogP contribution in [0.4, 0.5) is 0 Å². The zero-order valence-electron chi connectivity index (χ0n) is 10.5. The summed E-state index contributed by atoms with van der Waals surface area (Å²) < 4.78 is 0. The van der Waals surface area contributed by atoms with E-state index >= 15 is 0 Å². The number of rotatable bonds is 1. The molecular weight excluding hydrogens is 262 g/mol. The van der Waals surface area contributed by atoms with Crippen molar-refractivity contribution in [3.8, 4) is 0 Å². The molecule has 2 aliphatic rings.